The van der Waals surface area contributed by atoms with Gasteiger partial charge in [-0.1, -0.05) is 11.3 Å². The van der Waals surface area contributed by atoms with Gasteiger partial charge in [-0.2, -0.15) is 4.98 Å². The van der Waals surface area contributed by atoms with Gasteiger partial charge >= 0.3 is 0 Å². The van der Waals surface area contributed by atoms with E-state index >= 15 is 0 Å². The van der Waals surface area contributed by atoms with Crippen LogP contribution in [-0.2, 0) is 0 Å². The molecule has 1 heterocycles. The second-order valence-electron chi connectivity index (χ2n) is 2.63. The zero-order valence-corrected chi connectivity index (χ0v) is 7.99. The van der Waals surface area contributed by atoms with E-state index in [1.54, 1.807) is 29.6 Å². The number of aromatic hydroxyl groups is 1. The normalized spacial score (nSPS) is 10.0. The fraction of sp³-hybridized carbons (Fsp3) is 0. The monoisotopic (exact) mass is 208 g/mol. The molecule has 0 aliphatic carbocycles. The van der Waals surface area contributed by atoms with Crippen molar-refractivity contribution < 1.29 is 9.84 Å². The highest BCUT2D eigenvalue weighted by Crippen LogP contribution is 2.26. The summed E-state index contributed by atoms with van der Waals surface area (Å²) in [5.41, 5.74) is 5.44. The van der Waals surface area contributed by atoms with Crippen LogP contribution in [0.4, 0.5) is 5.82 Å². The molecular formula is C9H8N2O2S. The molecule has 0 atom stereocenters. The number of hydrogen-bond acceptors (Lipinski definition) is 5. The summed E-state index contributed by atoms with van der Waals surface area (Å²) in [6.45, 7) is 0. The molecule has 0 aliphatic heterocycles. The Balaban J connectivity index is 2.15. The zero-order valence-electron chi connectivity index (χ0n) is 7.18. The molecule has 1 aromatic carbocycles. The molecule has 0 spiro atoms. The largest absolute Gasteiger partial charge is 0.508 e. The van der Waals surface area contributed by atoms with Crippen molar-refractivity contribution in [2.75, 3.05) is 5.73 Å². The van der Waals surface area contributed by atoms with Crippen molar-refractivity contribution in [3.05, 3.63) is 29.6 Å². The topological polar surface area (TPSA) is 68.4 Å². The van der Waals surface area contributed by atoms with Gasteiger partial charge in [0.25, 0.3) is 5.19 Å². The second kappa shape index (κ2) is 3.55. The minimum atomic E-state index is 0.205. The average molecular weight is 208 g/mol. The molecule has 0 bridgehead atoms. The number of nitrogens with two attached hydrogens (primary N) is 1. The maximum absolute atomic E-state index is 9.04. The Morgan fingerprint density at radius 2 is 2.00 bits per heavy atom. The summed E-state index contributed by atoms with van der Waals surface area (Å²) in [6, 6.07) is 6.42. The van der Waals surface area contributed by atoms with Crippen molar-refractivity contribution in [2.45, 2.75) is 0 Å². The number of rotatable bonds is 2. The minimum absolute atomic E-state index is 0.205. The second-order valence-corrected chi connectivity index (χ2v) is 3.45. The number of hydrogen-bond donors (Lipinski definition) is 2. The van der Waals surface area contributed by atoms with E-state index in [0.29, 0.717) is 16.8 Å². The molecule has 72 valence electrons. The van der Waals surface area contributed by atoms with E-state index < -0.39 is 0 Å². The van der Waals surface area contributed by atoms with E-state index in [2.05, 4.69) is 4.98 Å². The third kappa shape index (κ3) is 1.94. The lowest BCUT2D eigenvalue weighted by molar-refractivity contribution is 0.463. The van der Waals surface area contributed by atoms with Crippen molar-refractivity contribution in [1.29, 1.82) is 0 Å². The number of ether oxygens (including phenoxy) is 1. The summed E-state index contributed by atoms with van der Waals surface area (Å²) in [6.07, 6.45) is 0. The number of nitrogen functional groups attached to an aromatic ring is 1. The molecule has 0 unspecified atom stereocenters. The van der Waals surface area contributed by atoms with Gasteiger partial charge in [-0.05, 0) is 24.3 Å². The Morgan fingerprint density at radius 3 is 2.57 bits per heavy atom. The van der Waals surface area contributed by atoms with E-state index in [1.165, 1.54) is 11.3 Å². The van der Waals surface area contributed by atoms with Gasteiger partial charge in [0.1, 0.15) is 17.3 Å². The molecule has 2 aromatic rings. The van der Waals surface area contributed by atoms with Gasteiger partial charge in [0.2, 0.25) is 0 Å². The number of anilines is 1. The Morgan fingerprint density at radius 1 is 1.29 bits per heavy atom. The first-order valence-corrected chi connectivity index (χ1v) is 4.80. The Kier molecular flexibility index (Phi) is 2.24. The van der Waals surface area contributed by atoms with Gasteiger partial charge < -0.3 is 15.6 Å². The van der Waals surface area contributed by atoms with Gasteiger partial charge in [0.15, 0.2) is 0 Å². The summed E-state index contributed by atoms with van der Waals surface area (Å²) in [7, 11) is 0. The maximum atomic E-state index is 9.04. The van der Waals surface area contributed by atoms with Crippen molar-refractivity contribution in [3.63, 3.8) is 0 Å². The Bertz CT molecular complexity index is 425. The molecule has 0 saturated heterocycles. The van der Waals surface area contributed by atoms with Crippen LogP contribution in [0.1, 0.15) is 0 Å². The van der Waals surface area contributed by atoms with Crippen LogP contribution in [0.25, 0.3) is 0 Å². The van der Waals surface area contributed by atoms with Gasteiger partial charge in [0.05, 0.1) is 0 Å². The molecule has 0 saturated carbocycles. The predicted octanol–water partition coefficient (Wildman–Crippen LogP) is 2.22. The molecule has 0 aliphatic rings. The van der Waals surface area contributed by atoms with Crippen LogP contribution in [0.3, 0.4) is 0 Å². The summed E-state index contributed by atoms with van der Waals surface area (Å²) < 4.78 is 5.37. The van der Waals surface area contributed by atoms with Gasteiger partial charge in [-0.3, -0.25) is 0 Å². The quantitative estimate of drug-likeness (QED) is 0.794. The fourth-order valence-electron chi connectivity index (χ4n) is 0.931. The van der Waals surface area contributed by atoms with Crippen molar-refractivity contribution in [2.24, 2.45) is 0 Å². The van der Waals surface area contributed by atoms with E-state index in [0.717, 1.165) is 0 Å². The molecule has 14 heavy (non-hydrogen) atoms. The molecular weight excluding hydrogens is 200 g/mol. The number of thiazole rings is 1. The maximum Gasteiger partial charge on any atom is 0.280 e. The molecule has 0 amide bonds. The third-order valence-corrected chi connectivity index (χ3v) is 2.28. The van der Waals surface area contributed by atoms with Gasteiger partial charge in [-0.25, -0.2) is 0 Å². The van der Waals surface area contributed by atoms with E-state index in [4.69, 9.17) is 15.6 Å². The molecule has 0 fully saturated rings. The summed E-state index contributed by atoms with van der Waals surface area (Å²) >= 11 is 1.33. The van der Waals surface area contributed by atoms with Crippen LogP contribution in [0, 0.1) is 0 Å². The lowest BCUT2D eigenvalue weighted by Crippen LogP contribution is -1.85. The number of nitrogens with zero attached hydrogens (tertiary/aromatic N) is 1. The Labute approximate surface area is 84.6 Å². The number of benzene rings is 1. The van der Waals surface area contributed by atoms with Crippen LogP contribution >= 0.6 is 11.3 Å². The third-order valence-electron chi connectivity index (χ3n) is 1.54. The van der Waals surface area contributed by atoms with Crippen molar-refractivity contribution >= 4 is 17.2 Å². The Hall–Kier alpha value is -1.75. The average Bonchev–Trinajstić information content (AvgIpc) is 2.56. The summed E-state index contributed by atoms with van der Waals surface area (Å²) in [4.78, 5) is 3.94. The first kappa shape index (κ1) is 8.83. The zero-order chi connectivity index (χ0) is 9.97. The van der Waals surface area contributed by atoms with E-state index in [9.17, 15) is 0 Å². The van der Waals surface area contributed by atoms with Gasteiger partial charge in [0, 0.05) is 5.38 Å². The van der Waals surface area contributed by atoms with Crippen LogP contribution < -0.4 is 10.5 Å². The molecule has 1 aromatic heterocycles. The molecule has 2 rings (SSSR count). The van der Waals surface area contributed by atoms with E-state index in [-0.39, 0.29) is 5.75 Å². The highest BCUT2D eigenvalue weighted by molar-refractivity contribution is 7.11. The number of phenolic OH excluding ortho intramolecular Hbond substituents is 1. The molecule has 4 nitrogen and oxygen atoms in total. The molecule has 5 heteroatoms. The summed E-state index contributed by atoms with van der Waals surface area (Å²) in [5, 5.41) is 11.2. The highest BCUT2D eigenvalue weighted by atomic mass is 32.1. The predicted molar refractivity (Wildman–Crippen MR) is 54.7 cm³/mol. The lowest BCUT2D eigenvalue weighted by atomic mass is 10.3. The first-order chi connectivity index (χ1) is 6.74. The van der Waals surface area contributed by atoms with Crippen LogP contribution in [0.15, 0.2) is 29.6 Å². The van der Waals surface area contributed by atoms with Crippen molar-refractivity contribution in [1.82, 2.24) is 4.98 Å². The number of aromatic nitrogens is 1. The number of phenols is 1. The van der Waals surface area contributed by atoms with Gasteiger partial charge in [-0.15, -0.1) is 0 Å². The van der Waals surface area contributed by atoms with Crippen LogP contribution in [0.5, 0.6) is 16.7 Å². The first-order valence-electron chi connectivity index (χ1n) is 3.92. The smallest absolute Gasteiger partial charge is 0.280 e. The van der Waals surface area contributed by atoms with Crippen LogP contribution in [-0.4, -0.2) is 10.1 Å². The minimum Gasteiger partial charge on any atom is -0.508 e. The molecule has 0 radical (unpaired) electrons. The SMILES string of the molecule is Nc1csc(Oc2ccc(O)cc2)n1. The summed E-state index contributed by atoms with van der Waals surface area (Å²) in [5.74, 6) is 1.27. The van der Waals surface area contributed by atoms with Crippen molar-refractivity contribution in [3.8, 4) is 16.7 Å². The fourth-order valence-corrected chi connectivity index (χ4v) is 1.51. The van der Waals surface area contributed by atoms with Crippen LogP contribution in [0.2, 0.25) is 0 Å². The van der Waals surface area contributed by atoms with E-state index in [1.807, 2.05) is 0 Å². The lowest BCUT2D eigenvalue weighted by Gasteiger charge is -2.00. The standard InChI is InChI=1S/C9H8N2O2S/c10-8-5-14-9(11-8)13-7-3-1-6(12)2-4-7/h1-5,12H,10H2. The highest BCUT2D eigenvalue weighted by Gasteiger charge is 2.01. The molecule has 3 N–H and O–H groups in total.